The van der Waals surface area contributed by atoms with Crippen molar-refractivity contribution in [3.05, 3.63) is 27.7 Å². The van der Waals surface area contributed by atoms with Crippen LogP contribution in [0, 0.1) is 0 Å². The Hall–Kier alpha value is -2.09. The molecule has 1 saturated heterocycles. The van der Waals surface area contributed by atoms with E-state index < -0.39 is 0 Å². The first-order valence-electron chi connectivity index (χ1n) is 8.16. The predicted molar refractivity (Wildman–Crippen MR) is 86.9 cm³/mol. The van der Waals surface area contributed by atoms with E-state index in [0.29, 0.717) is 11.6 Å². The second-order valence-electron chi connectivity index (χ2n) is 6.25. The molecule has 5 rings (SSSR count). The Bertz CT molecular complexity index is 825. The van der Waals surface area contributed by atoms with Gasteiger partial charge in [0, 0.05) is 23.9 Å². The lowest BCUT2D eigenvalue weighted by atomic mass is 9.97. The number of fused-ring (bicyclic) bond motifs is 2. The number of hydrogen-bond acceptors (Lipinski definition) is 7. The maximum Gasteiger partial charge on any atom is 0.200 e. The molecule has 3 aromatic rings. The Morgan fingerprint density at radius 2 is 2.04 bits per heavy atom. The van der Waals surface area contributed by atoms with Crippen LogP contribution in [-0.2, 0) is 12.8 Å². The van der Waals surface area contributed by atoms with Crippen molar-refractivity contribution < 1.29 is 0 Å². The summed E-state index contributed by atoms with van der Waals surface area (Å²) in [6.07, 6.45) is 5.99. The van der Waals surface area contributed by atoms with Crippen LogP contribution in [0.4, 0.5) is 5.82 Å². The Balaban J connectivity index is 1.31. The first-order chi connectivity index (χ1) is 11.4. The van der Waals surface area contributed by atoms with Crippen LogP contribution in [0.15, 0.2) is 12.1 Å². The van der Waals surface area contributed by atoms with Gasteiger partial charge in [0.2, 0.25) is 0 Å². The van der Waals surface area contributed by atoms with Crippen LogP contribution >= 0.6 is 11.3 Å². The molecule has 0 amide bonds. The highest BCUT2D eigenvalue weighted by Crippen LogP contribution is 2.36. The second kappa shape index (κ2) is 5.23. The van der Waals surface area contributed by atoms with Gasteiger partial charge in [0.25, 0.3) is 0 Å². The minimum Gasteiger partial charge on any atom is -0.355 e. The van der Waals surface area contributed by atoms with E-state index in [9.17, 15) is 0 Å². The molecule has 8 heteroatoms. The molecule has 0 atom stereocenters. The van der Waals surface area contributed by atoms with E-state index in [2.05, 4.69) is 25.5 Å². The minimum atomic E-state index is 0.610. The van der Waals surface area contributed by atoms with Gasteiger partial charge in [-0.15, -0.1) is 26.2 Å². The zero-order chi connectivity index (χ0) is 15.2. The van der Waals surface area contributed by atoms with Crippen LogP contribution in [0.25, 0.3) is 5.65 Å². The SMILES string of the molecule is c1cc2nnnn2nc1N1CCC(c2nc3c(s2)CCC3)CC1. The molecule has 1 aliphatic carbocycles. The zero-order valence-corrected chi connectivity index (χ0v) is 13.5. The summed E-state index contributed by atoms with van der Waals surface area (Å²) in [4.78, 5) is 8.75. The van der Waals surface area contributed by atoms with Crippen LogP contribution in [0.1, 0.15) is 40.8 Å². The molecule has 7 nitrogen and oxygen atoms in total. The summed E-state index contributed by atoms with van der Waals surface area (Å²) in [6.45, 7) is 2.02. The van der Waals surface area contributed by atoms with Crippen LogP contribution in [0.3, 0.4) is 0 Å². The molecule has 1 aliphatic heterocycles. The highest BCUT2D eigenvalue weighted by atomic mass is 32.1. The Kier molecular flexibility index (Phi) is 3.04. The van der Waals surface area contributed by atoms with Crippen molar-refractivity contribution in [1.82, 2.24) is 30.2 Å². The Morgan fingerprint density at radius 1 is 1.13 bits per heavy atom. The molecule has 23 heavy (non-hydrogen) atoms. The fourth-order valence-electron chi connectivity index (χ4n) is 3.55. The largest absolute Gasteiger partial charge is 0.355 e. The van der Waals surface area contributed by atoms with E-state index in [-0.39, 0.29) is 0 Å². The summed E-state index contributed by atoms with van der Waals surface area (Å²) < 4.78 is 1.49. The normalized spacial score (nSPS) is 18.7. The number of piperidine rings is 1. The molecule has 0 radical (unpaired) electrons. The number of tetrazole rings is 1. The molecule has 0 saturated carbocycles. The third-order valence-electron chi connectivity index (χ3n) is 4.84. The Labute approximate surface area is 137 Å². The molecule has 0 spiro atoms. The fraction of sp³-hybridized carbons (Fsp3) is 0.533. The number of aromatic nitrogens is 6. The van der Waals surface area contributed by atoms with Gasteiger partial charge in [0.05, 0.1) is 10.7 Å². The number of anilines is 1. The lowest BCUT2D eigenvalue weighted by Crippen LogP contribution is -2.33. The highest BCUT2D eigenvalue weighted by molar-refractivity contribution is 7.11. The number of nitrogens with zero attached hydrogens (tertiary/aromatic N) is 7. The van der Waals surface area contributed by atoms with E-state index in [4.69, 9.17) is 4.98 Å². The third-order valence-corrected chi connectivity index (χ3v) is 6.16. The van der Waals surface area contributed by atoms with Crippen LogP contribution in [0.2, 0.25) is 0 Å². The number of rotatable bonds is 2. The molecule has 3 aromatic heterocycles. The van der Waals surface area contributed by atoms with Crippen molar-refractivity contribution in [2.45, 2.75) is 38.0 Å². The van der Waals surface area contributed by atoms with E-state index in [0.717, 1.165) is 31.7 Å². The van der Waals surface area contributed by atoms with Crippen molar-refractivity contribution in [2.24, 2.45) is 0 Å². The average molecular weight is 327 g/mol. The molecule has 118 valence electrons. The summed E-state index contributed by atoms with van der Waals surface area (Å²) >= 11 is 1.95. The molecule has 2 aliphatic rings. The van der Waals surface area contributed by atoms with Crippen molar-refractivity contribution in [1.29, 1.82) is 0 Å². The number of aryl methyl sites for hydroxylation is 2. The van der Waals surface area contributed by atoms with Gasteiger partial charge >= 0.3 is 0 Å². The van der Waals surface area contributed by atoms with Gasteiger partial charge < -0.3 is 4.90 Å². The number of hydrogen-bond donors (Lipinski definition) is 0. The number of thiazole rings is 1. The maximum atomic E-state index is 4.90. The van der Waals surface area contributed by atoms with E-state index in [1.54, 1.807) is 0 Å². The lowest BCUT2D eigenvalue weighted by Gasteiger charge is -2.31. The molecule has 4 heterocycles. The average Bonchev–Trinajstić information content (AvgIpc) is 3.29. The third kappa shape index (κ3) is 2.28. The quantitative estimate of drug-likeness (QED) is 0.715. The first kappa shape index (κ1) is 13.4. The molecule has 0 aromatic carbocycles. The lowest BCUT2D eigenvalue weighted by molar-refractivity contribution is 0.497. The van der Waals surface area contributed by atoms with Crippen LogP contribution in [0.5, 0.6) is 0 Å². The Morgan fingerprint density at radius 3 is 2.91 bits per heavy atom. The van der Waals surface area contributed by atoms with E-state index in [1.165, 1.54) is 39.5 Å². The summed E-state index contributed by atoms with van der Waals surface area (Å²) in [5.41, 5.74) is 2.05. The standard InChI is InChI=1S/C15H17N7S/c1-2-11-12(3-1)23-15(16-11)10-6-8-21(9-7-10)14-5-4-13-17-19-20-22(13)18-14/h4-5,10H,1-3,6-9H2. The van der Waals surface area contributed by atoms with Gasteiger partial charge in [-0.05, 0) is 54.7 Å². The molecule has 0 N–H and O–H groups in total. The smallest absolute Gasteiger partial charge is 0.200 e. The topological polar surface area (TPSA) is 72.1 Å². The summed E-state index contributed by atoms with van der Waals surface area (Å²) in [5, 5.41) is 17.3. The van der Waals surface area contributed by atoms with Crippen LogP contribution in [-0.4, -0.2) is 43.3 Å². The molecule has 1 fully saturated rings. The van der Waals surface area contributed by atoms with E-state index >= 15 is 0 Å². The van der Waals surface area contributed by atoms with E-state index in [1.807, 2.05) is 23.5 Å². The van der Waals surface area contributed by atoms with Crippen molar-refractivity contribution in [2.75, 3.05) is 18.0 Å². The fourth-order valence-corrected chi connectivity index (χ4v) is 4.87. The van der Waals surface area contributed by atoms with Gasteiger partial charge in [0.15, 0.2) is 11.5 Å². The summed E-state index contributed by atoms with van der Waals surface area (Å²) in [5.74, 6) is 1.56. The molecule has 0 bridgehead atoms. The molecular formula is C15H17N7S. The minimum absolute atomic E-state index is 0.610. The predicted octanol–water partition coefficient (Wildman–Crippen LogP) is 1.85. The second-order valence-corrected chi connectivity index (χ2v) is 7.37. The van der Waals surface area contributed by atoms with Crippen molar-refractivity contribution >= 4 is 22.8 Å². The van der Waals surface area contributed by atoms with Gasteiger partial charge in [-0.25, -0.2) is 4.98 Å². The van der Waals surface area contributed by atoms with Gasteiger partial charge in [0.1, 0.15) is 0 Å². The van der Waals surface area contributed by atoms with Gasteiger partial charge in [-0.1, -0.05) is 0 Å². The molecule has 0 unspecified atom stereocenters. The van der Waals surface area contributed by atoms with Crippen molar-refractivity contribution in [3.8, 4) is 0 Å². The van der Waals surface area contributed by atoms with Gasteiger partial charge in [-0.3, -0.25) is 0 Å². The first-order valence-corrected chi connectivity index (χ1v) is 8.97. The zero-order valence-electron chi connectivity index (χ0n) is 12.7. The van der Waals surface area contributed by atoms with Gasteiger partial charge in [-0.2, -0.15) is 0 Å². The summed E-state index contributed by atoms with van der Waals surface area (Å²) in [6, 6.07) is 3.92. The maximum absolute atomic E-state index is 4.90. The van der Waals surface area contributed by atoms with Crippen LogP contribution < -0.4 is 4.90 Å². The summed E-state index contributed by atoms with van der Waals surface area (Å²) in [7, 11) is 0. The highest BCUT2D eigenvalue weighted by Gasteiger charge is 2.26. The van der Waals surface area contributed by atoms with Crippen molar-refractivity contribution in [3.63, 3.8) is 0 Å². The monoisotopic (exact) mass is 327 g/mol. The molecular weight excluding hydrogens is 310 g/mol.